The number of nitrogens with one attached hydrogen (secondary N) is 1. The van der Waals surface area contributed by atoms with Crippen LogP contribution >= 0.6 is 24.8 Å². The van der Waals surface area contributed by atoms with Gasteiger partial charge in [-0.15, -0.1) is 24.8 Å². The maximum Gasteiger partial charge on any atom is 0.122 e. The number of nitrogens with zero attached hydrogens (tertiary/aromatic N) is 2. The molecule has 26 heavy (non-hydrogen) atoms. The molecule has 1 unspecified atom stereocenters. The first-order valence-corrected chi connectivity index (χ1v) is 9.20. The predicted octanol–water partition coefficient (Wildman–Crippen LogP) is 3.40. The second-order valence-electron chi connectivity index (χ2n) is 6.84. The summed E-state index contributed by atoms with van der Waals surface area (Å²) < 4.78 is 5.78. The highest BCUT2D eigenvalue weighted by molar-refractivity contribution is 5.85. The number of hydrogen-bond acceptors (Lipinski definition) is 4. The van der Waals surface area contributed by atoms with Crippen molar-refractivity contribution in [3.05, 3.63) is 53.9 Å². The smallest absolute Gasteiger partial charge is 0.122 e. The molecule has 1 aromatic rings. The average molecular weight is 398 g/mol. The lowest BCUT2D eigenvalue weighted by Gasteiger charge is -2.33. The Morgan fingerprint density at radius 1 is 1.12 bits per heavy atom. The van der Waals surface area contributed by atoms with Crippen LogP contribution in [-0.2, 0) is 0 Å². The van der Waals surface area contributed by atoms with Crippen LogP contribution in [0.1, 0.15) is 24.3 Å². The van der Waals surface area contributed by atoms with Gasteiger partial charge in [0.05, 0.1) is 6.61 Å². The van der Waals surface area contributed by atoms with Gasteiger partial charge in [-0.05, 0) is 42.5 Å². The molecule has 0 aromatic heterocycles. The third kappa shape index (κ3) is 4.87. The molecule has 144 valence electrons. The normalized spacial score (nSPS) is 21.7. The van der Waals surface area contributed by atoms with Gasteiger partial charge in [-0.3, -0.25) is 0 Å². The van der Waals surface area contributed by atoms with Crippen LogP contribution in [0.25, 0.3) is 0 Å². The number of rotatable bonds is 4. The summed E-state index contributed by atoms with van der Waals surface area (Å²) in [6.07, 6.45) is 9.27. The van der Waals surface area contributed by atoms with Crippen molar-refractivity contribution in [3.8, 4) is 5.75 Å². The second-order valence-corrected chi connectivity index (χ2v) is 6.84. The largest absolute Gasteiger partial charge is 0.493 e. The predicted molar refractivity (Wildman–Crippen MR) is 112 cm³/mol. The van der Waals surface area contributed by atoms with E-state index in [2.05, 4.69) is 57.7 Å². The van der Waals surface area contributed by atoms with Crippen molar-refractivity contribution in [3.63, 3.8) is 0 Å². The standard InChI is InChI=1S/C20H27N3O.2ClH/c1-2-4-20-19(3-1)17(8-16-24-20)5-11-22-12-6-18(7-13-22)23-14-9-21-10-15-23;;/h1-4,6-7,12,17,21H,5,8-11,13-16H2;2*1H. The maximum absolute atomic E-state index is 5.78. The Bertz CT molecular complexity index is 629. The monoisotopic (exact) mass is 397 g/mol. The Kier molecular flexibility index (Phi) is 8.14. The summed E-state index contributed by atoms with van der Waals surface area (Å²) in [4.78, 5) is 4.92. The van der Waals surface area contributed by atoms with E-state index in [4.69, 9.17) is 4.74 Å². The van der Waals surface area contributed by atoms with E-state index in [-0.39, 0.29) is 24.8 Å². The Labute approximate surface area is 169 Å². The number of para-hydroxylation sites is 1. The van der Waals surface area contributed by atoms with Gasteiger partial charge >= 0.3 is 0 Å². The number of halogens is 2. The van der Waals surface area contributed by atoms with Crippen LogP contribution in [0.2, 0.25) is 0 Å². The van der Waals surface area contributed by atoms with Gasteiger partial charge in [-0.25, -0.2) is 0 Å². The zero-order valence-corrected chi connectivity index (χ0v) is 16.7. The number of fused-ring (bicyclic) bond motifs is 1. The molecular formula is C20H29Cl2N3O. The molecule has 0 amide bonds. The van der Waals surface area contributed by atoms with E-state index in [9.17, 15) is 0 Å². The van der Waals surface area contributed by atoms with Crippen LogP contribution < -0.4 is 10.1 Å². The van der Waals surface area contributed by atoms with Gasteiger partial charge in [0.15, 0.2) is 0 Å². The number of hydrogen-bond donors (Lipinski definition) is 1. The van der Waals surface area contributed by atoms with Crippen LogP contribution in [-0.4, -0.2) is 55.7 Å². The minimum absolute atomic E-state index is 0. The summed E-state index contributed by atoms with van der Waals surface area (Å²) in [5.41, 5.74) is 2.78. The maximum atomic E-state index is 5.78. The number of ether oxygens (including phenoxy) is 1. The van der Waals surface area contributed by atoms with Gasteiger partial charge < -0.3 is 19.9 Å². The van der Waals surface area contributed by atoms with Crippen molar-refractivity contribution in [2.75, 3.05) is 45.9 Å². The molecule has 0 saturated carbocycles. The van der Waals surface area contributed by atoms with Gasteiger partial charge in [0.1, 0.15) is 5.75 Å². The fourth-order valence-corrected chi connectivity index (χ4v) is 3.88. The molecule has 4 nitrogen and oxygen atoms in total. The first-order valence-electron chi connectivity index (χ1n) is 9.20. The van der Waals surface area contributed by atoms with E-state index >= 15 is 0 Å². The van der Waals surface area contributed by atoms with E-state index < -0.39 is 0 Å². The van der Waals surface area contributed by atoms with E-state index in [0.717, 1.165) is 58.0 Å². The molecule has 0 bridgehead atoms. The van der Waals surface area contributed by atoms with Crippen LogP contribution in [0.5, 0.6) is 5.75 Å². The summed E-state index contributed by atoms with van der Waals surface area (Å²) in [6.45, 7) is 7.42. The van der Waals surface area contributed by atoms with Crippen LogP contribution in [0.15, 0.2) is 48.3 Å². The van der Waals surface area contributed by atoms with Crippen molar-refractivity contribution >= 4 is 24.8 Å². The topological polar surface area (TPSA) is 27.7 Å². The van der Waals surface area contributed by atoms with Gasteiger partial charge in [0.2, 0.25) is 0 Å². The molecule has 1 aromatic carbocycles. The fourth-order valence-electron chi connectivity index (χ4n) is 3.88. The fraction of sp³-hybridized carbons (Fsp3) is 0.500. The van der Waals surface area contributed by atoms with E-state index in [1.54, 1.807) is 0 Å². The van der Waals surface area contributed by atoms with Gasteiger partial charge in [0.25, 0.3) is 0 Å². The molecule has 6 heteroatoms. The zero-order chi connectivity index (χ0) is 16.2. The lowest BCUT2D eigenvalue weighted by atomic mass is 9.90. The Morgan fingerprint density at radius 3 is 2.69 bits per heavy atom. The summed E-state index contributed by atoms with van der Waals surface area (Å²) in [7, 11) is 0. The molecule has 0 radical (unpaired) electrons. The summed E-state index contributed by atoms with van der Waals surface area (Å²) in [6, 6.07) is 8.53. The first-order chi connectivity index (χ1) is 11.9. The summed E-state index contributed by atoms with van der Waals surface area (Å²) in [5, 5.41) is 3.41. The molecule has 3 aliphatic heterocycles. The Hall–Kier alpha value is -1.36. The third-order valence-corrected chi connectivity index (χ3v) is 5.32. The molecule has 1 saturated heterocycles. The number of benzene rings is 1. The lowest BCUT2D eigenvalue weighted by Crippen LogP contribution is -2.43. The highest BCUT2D eigenvalue weighted by Gasteiger charge is 2.21. The van der Waals surface area contributed by atoms with Gasteiger partial charge in [0, 0.05) is 51.2 Å². The van der Waals surface area contributed by atoms with E-state index in [1.165, 1.54) is 17.7 Å². The first kappa shape index (κ1) is 20.9. The van der Waals surface area contributed by atoms with Crippen LogP contribution in [0.4, 0.5) is 0 Å². The molecule has 1 N–H and O–H groups in total. The minimum atomic E-state index is 0. The molecule has 1 atom stereocenters. The minimum Gasteiger partial charge on any atom is -0.493 e. The van der Waals surface area contributed by atoms with Crippen LogP contribution in [0, 0.1) is 0 Å². The Balaban J connectivity index is 0.00000121. The molecule has 0 aliphatic carbocycles. The average Bonchev–Trinajstić information content (AvgIpc) is 2.67. The zero-order valence-electron chi connectivity index (χ0n) is 15.1. The van der Waals surface area contributed by atoms with E-state index in [1.807, 2.05) is 0 Å². The van der Waals surface area contributed by atoms with E-state index in [0.29, 0.717) is 5.92 Å². The SMILES string of the molecule is C1=CN(CCC2CCOc3ccccc32)CC=C1N1CCNCC1.Cl.Cl. The molecule has 3 heterocycles. The Morgan fingerprint density at radius 2 is 1.92 bits per heavy atom. The molecule has 1 fully saturated rings. The highest BCUT2D eigenvalue weighted by Crippen LogP contribution is 2.35. The molecular weight excluding hydrogens is 369 g/mol. The van der Waals surface area contributed by atoms with Crippen molar-refractivity contribution in [1.82, 2.24) is 15.1 Å². The molecule has 3 aliphatic rings. The quantitative estimate of drug-likeness (QED) is 0.842. The van der Waals surface area contributed by atoms with Crippen molar-refractivity contribution in [2.45, 2.75) is 18.8 Å². The molecule has 4 rings (SSSR count). The highest BCUT2D eigenvalue weighted by atomic mass is 35.5. The lowest BCUT2D eigenvalue weighted by molar-refractivity contribution is 0.253. The second kappa shape index (κ2) is 10.1. The van der Waals surface area contributed by atoms with Crippen molar-refractivity contribution < 1.29 is 4.74 Å². The molecule has 0 spiro atoms. The number of piperazine rings is 1. The summed E-state index contributed by atoms with van der Waals surface area (Å²) >= 11 is 0. The van der Waals surface area contributed by atoms with Crippen molar-refractivity contribution in [1.29, 1.82) is 0 Å². The van der Waals surface area contributed by atoms with Crippen LogP contribution in [0.3, 0.4) is 0 Å². The van der Waals surface area contributed by atoms with Gasteiger partial charge in [-0.2, -0.15) is 0 Å². The third-order valence-electron chi connectivity index (χ3n) is 5.32. The number of allylic oxidation sites excluding steroid dienone is 1. The van der Waals surface area contributed by atoms with Gasteiger partial charge in [-0.1, -0.05) is 18.2 Å². The summed E-state index contributed by atoms with van der Waals surface area (Å²) in [5.74, 6) is 1.71. The van der Waals surface area contributed by atoms with Crippen molar-refractivity contribution in [2.24, 2.45) is 0 Å².